The van der Waals surface area contributed by atoms with E-state index in [9.17, 15) is 8.42 Å². The Kier molecular flexibility index (Phi) is 14.0. The van der Waals surface area contributed by atoms with E-state index in [0.717, 1.165) is 10.9 Å². The van der Waals surface area contributed by atoms with Crippen LogP contribution in [0.4, 0.5) is 0 Å². The van der Waals surface area contributed by atoms with E-state index in [2.05, 4.69) is 9.24 Å². The molecule has 78 valence electrons. The fraction of sp³-hybridized carbons (Fsp3) is 0.250. The Balaban J connectivity index is -0.000000563. The summed E-state index contributed by atoms with van der Waals surface area (Å²) in [6.07, 6.45) is 0. The summed E-state index contributed by atoms with van der Waals surface area (Å²) in [5.41, 5.74) is 1.54. The molecule has 0 aliphatic heterocycles. The second-order valence-corrected chi connectivity index (χ2v) is 4.96. The van der Waals surface area contributed by atoms with Crippen molar-refractivity contribution in [2.45, 2.75) is 18.7 Å². The van der Waals surface area contributed by atoms with E-state index in [1.165, 1.54) is 6.07 Å². The normalized spacial score (nSPS) is 9.50. The van der Waals surface area contributed by atoms with Gasteiger partial charge in [-0.3, -0.25) is 4.55 Å². The molecule has 0 saturated heterocycles. The molecule has 0 saturated carbocycles. The molecule has 0 radical (unpaired) electrons. The molecule has 0 bridgehead atoms. The summed E-state index contributed by atoms with van der Waals surface area (Å²) in [5, 5.41) is 0.776. The van der Waals surface area contributed by atoms with E-state index >= 15 is 0 Å². The van der Waals surface area contributed by atoms with Gasteiger partial charge in [0, 0.05) is 0 Å². The van der Waals surface area contributed by atoms with Crippen molar-refractivity contribution in [2.24, 2.45) is 0 Å². The average molecular weight is 290 g/mol. The summed E-state index contributed by atoms with van der Waals surface area (Å²) >= 11 is 0. The second-order valence-electron chi connectivity index (χ2n) is 2.95. The number of rotatable bonds is 1. The summed E-state index contributed by atoms with van der Waals surface area (Å²) in [6.45, 7) is 3.53. The van der Waals surface area contributed by atoms with Crippen LogP contribution in [0.3, 0.4) is 0 Å². The van der Waals surface area contributed by atoms with Gasteiger partial charge in [-0.1, -0.05) is 6.07 Å². The standard InChI is InChI=1S/C8H11O3PS.3Na.3H/c1-5-3-6(2)8(4-7(5)12)13(9,10)11;;;;;;/h3-4H,12H2,1-2H3,(H,9,10,11);;;;;;. The number of benzene rings is 1. The van der Waals surface area contributed by atoms with Crippen LogP contribution >= 0.6 is 9.24 Å². The molecule has 0 aliphatic carbocycles. The first-order valence-electron chi connectivity index (χ1n) is 3.66. The number of aryl methyl sites for hydroxylation is 2. The summed E-state index contributed by atoms with van der Waals surface area (Å²) in [4.78, 5) is -0.0249. The molecule has 8 heteroatoms. The molecule has 16 heavy (non-hydrogen) atoms. The summed E-state index contributed by atoms with van der Waals surface area (Å²) in [7, 11) is -1.66. The summed E-state index contributed by atoms with van der Waals surface area (Å²) < 4.78 is 30.6. The van der Waals surface area contributed by atoms with Gasteiger partial charge in [-0.15, -0.1) is 9.24 Å². The molecule has 0 aromatic heterocycles. The van der Waals surface area contributed by atoms with Gasteiger partial charge < -0.3 is 0 Å². The third-order valence-corrected chi connectivity index (χ3v) is 3.46. The van der Waals surface area contributed by atoms with Gasteiger partial charge in [0.05, 0.1) is 4.90 Å². The van der Waals surface area contributed by atoms with Crippen LogP contribution in [-0.2, 0) is 10.1 Å². The first kappa shape index (κ1) is 23.6. The predicted octanol–water partition coefficient (Wildman–Crippen LogP) is -0.895. The Bertz CT molecular complexity index is 448. The van der Waals surface area contributed by atoms with Crippen LogP contribution in [-0.4, -0.2) is 102 Å². The molecule has 1 aromatic carbocycles. The molecular weight excluding hydrogens is 276 g/mol. The van der Waals surface area contributed by atoms with E-state index in [4.69, 9.17) is 4.55 Å². The molecule has 0 heterocycles. The van der Waals surface area contributed by atoms with Gasteiger partial charge in [-0.05, 0) is 36.3 Å². The van der Waals surface area contributed by atoms with Crippen molar-refractivity contribution < 1.29 is 13.0 Å². The minimum atomic E-state index is -4.09. The molecule has 1 N–H and O–H groups in total. The Morgan fingerprint density at radius 1 is 1.06 bits per heavy atom. The van der Waals surface area contributed by atoms with Gasteiger partial charge in [0.25, 0.3) is 10.1 Å². The zero-order chi connectivity index (χ0) is 10.2. The van der Waals surface area contributed by atoms with Crippen molar-refractivity contribution in [2.75, 3.05) is 0 Å². The fourth-order valence-corrected chi connectivity index (χ4v) is 2.24. The quantitative estimate of drug-likeness (QED) is 0.414. The van der Waals surface area contributed by atoms with E-state index in [0.29, 0.717) is 5.56 Å². The van der Waals surface area contributed by atoms with Gasteiger partial charge >= 0.3 is 88.7 Å². The molecule has 0 fully saturated rings. The van der Waals surface area contributed by atoms with Gasteiger partial charge in [-0.2, -0.15) is 8.42 Å². The Morgan fingerprint density at radius 3 is 1.88 bits per heavy atom. The zero-order valence-electron chi connectivity index (χ0n) is 7.40. The Morgan fingerprint density at radius 2 is 1.50 bits per heavy atom. The third-order valence-electron chi connectivity index (χ3n) is 1.84. The SMILES string of the molecule is Cc1cc(C)c(S(=O)(=O)O)cc1P.[NaH].[NaH].[NaH]. The van der Waals surface area contributed by atoms with E-state index in [1.807, 2.05) is 6.92 Å². The van der Waals surface area contributed by atoms with Crippen LogP contribution < -0.4 is 5.30 Å². The van der Waals surface area contributed by atoms with Crippen molar-refractivity contribution >= 4 is 113 Å². The van der Waals surface area contributed by atoms with Crippen LogP contribution in [0.15, 0.2) is 17.0 Å². The molecule has 0 amide bonds. The minimum absolute atomic E-state index is 0. The third kappa shape index (κ3) is 6.65. The Labute approximate surface area is 165 Å². The molecule has 1 rings (SSSR count). The molecular formula is C8H14Na3O3PS. The first-order valence-corrected chi connectivity index (χ1v) is 5.68. The van der Waals surface area contributed by atoms with Crippen molar-refractivity contribution in [1.29, 1.82) is 0 Å². The van der Waals surface area contributed by atoms with Gasteiger partial charge in [0.1, 0.15) is 0 Å². The van der Waals surface area contributed by atoms with Gasteiger partial charge in [-0.25, -0.2) is 0 Å². The molecule has 1 aromatic rings. The van der Waals surface area contributed by atoms with E-state index in [1.54, 1.807) is 13.0 Å². The van der Waals surface area contributed by atoms with Crippen LogP contribution in [0.5, 0.6) is 0 Å². The van der Waals surface area contributed by atoms with Crippen LogP contribution in [0.1, 0.15) is 11.1 Å². The monoisotopic (exact) mass is 290 g/mol. The van der Waals surface area contributed by atoms with Crippen LogP contribution in [0, 0.1) is 13.8 Å². The molecule has 3 nitrogen and oxygen atoms in total. The van der Waals surface area contributed by atoms with Gasteiger partial charge in [0.2, 0.25) is 0 Å². The van der Waals surface area contributed by atoms with Gasteiger partial charge in [0.15, 0.2) is 0 Å². The van der Waals surface area contributed by atoms with Crippen LogP contribution in [0.2, 0.25) is 0 Å². The molecule has 0 aliphatic rings. The number of hydrogen-bond donors (Lipinski definition) is 1. The van der Waals surface area contributed by atoms with Crippen molar-refractivity contribution in [1.82, 2.24) is 0 Å². The summed E-state index contributed by atoms with van der Waals surface area (Å²) in [6, 6.07) is 3.18. The van der Waals surface area contributed by atoms with Crippen molar-refractivity contribution in [3.63, 3.8) is 0 Å². The summed E-state index contributed by atoms with van der Waals surface area (Å²) in [5.74, 6) is 0. The first-order chi connectivity index (χ1) is 5.82. The Hall–Kier alpha value is 2.56. The molecule has 1 unspecified atom stereocenters. The van der Waals surface area contributed by atoms with Crippen molar-refractivity contribution in [3.05, 3.63) is 23.3 Å². The maximum atomic E-state index is 10.9. The second kappa shape index (κ2) is 9.46. The predicted molar refractivity (Wildman–Crippen MR) is 76.5 cm³/mol. The fourth-order valence-electron chi connectivity index (χ4n) is 1.13. The zero-order valence-corrected chi connectivity index (χ0v) is 9.38. The van der Waals surface area contributed by atoms with E-state index < -0.39 is 10.1 Å². The van der Waals surface area contributed by atoms with Crippen molar-refractivity contribution in [3.8, 4) is 0 Å². The number of hydrogen-bond acceptors (Lipinski definition) is 2. The van der Waals surface area contributed by atoms with E-state index in [-0.39, 0.29) is 93.6 Å². The van der Waals surface area contributed by atoms with Crippen LogP contribution in [0.25, 0.3) is 0 Å². The molecule has 0 spiro atoms. The average Bonchev–Trinajstić information content (AvgIpc) is 1.94. The topological polar surface area (TPSA) is 54.4 Å². The maximum absolute atomic E-state index is 10.9. The molecule has 1 atom stereocenters.